The Hall–Kier alpha value is -1.09. The highest BCUT2D eigenvalue weighted by Crippen LogP contribution is 2.11. The van der Waals surface area contributed by atoms with Crippen molar-refractivity contribution in [2.45, 2.75) is 44.9 Å². The minimum atomic E-state index is -0.211. The smallest absolute Gasteiger partial charge is 0.123 e. The van der Waals surface area contributed by atoms with Gasteiger partial charge in [0.1, 0.15) is 11.6 Å². The van der Waals surface area contributed by atoms with Gasteiger partial charge >= 0.3 is 0 Å². The molecule has 20 heavy (non-hydrogen) atoms. The molecule has 0 bridgehead atoms. The minimum Gasteiger partial charge on any atom is -0.494 e. The predicted octanol–water partition coefficient (Wildman–Crippen LogP) is 2.83. The van der Waals surface area contributed by atoms with E-state index in [0.717, 1.165) is 18.8 Å². The van der Waals surface area contributed by atoms with Crippen LogP contribution in [-0.2, 0) is 0 Å². The molecule has 0 atom stereocenters. The molecule has 0 amide bonds. The van der Waals surface area contributed by atoms with E-state index in [0.29, 0.717) is 0 Å². The van der Waals surface area contributed by atoms with Gasteiger partial charge in [0.15, 0.2) is 0 Å². The second-order valence-corrected chi connectivity index (χ2v) is 5.78. The Kier molecular flexibility index (Phi) is 6.85. The standard InChI is InChI=1S/C17H26FNO/c18-16-8-10-17(11-9-16)20-15-7-2-1-4-12-19-13-5-3-6-14-19/h8-11H,1-7,12-15H2/p+1. The van der Waals surface area contributed by atoms with Crippen molar-refractivity contribution in [1.82, 2.24) is 0 Å². The van der Waals surface area contributed by atoms with Gasteiger partial charge in [-0.2, -0.15) is 0 Å². The van der Waals surface area contributed by atoms with Gasteiger partial charge in [0.05, 0.1) is 26.2 Å². The van der Waals surface area contributed by atoms with Crippen LogP contribution >= 0.6 is 0 Å². The summed E-state index contributed by atoms with van der Waals surface area (Å²) in [4.78, 5) is 1.80. The molecule has 1 saturated heterocycles. The van der Waals surface area contributed by atoms with Crippen LogP contribution in [0.4, 0.5) is 4.39 Å². The van der Waals surface area contributed by atoms with Gasteiger partial charge in [0, 0.05) is 0 Å². The van der Waals surface area contributed by atoms with Gasteiger partial charge in [-0.05, 0) is 69.2 Å². The second kappa shape index (κ2) is 8.96. The Morgan fingerprint density at radius 1 is 0.900 bits per heavy atom. The summed E-state index contributed by atoms with van der Waals surface area (Å²) in [5.41, 5.74) is 0. The maximum Gasteiger partial charge on any atom is 0.123 e. The Morgan fingerprint density at radius 3 is 2.35 bits per heavy atom. The monoisotopic (exact) mass is 280 g/mol. The maximum absolute atomic E-state index is 12.7. The molecule has 0 spiro atoms. The second-order valence-electron chi connectivity index (χ2n) is 5.78. The quantitative estimate of drug-likeness (QED) is 0.723. The number of unbranched alkanes of at least 4 members (excludes halogenated alkanes) is 3. The lowest BCUT2D eigenvalue weighted by Crippen LogP contribution is -3.12. The summed E-state index contributed by atoms with van der Waals surface area (Å²) in [7, 11) is 0. The van der Waals surface area contributed by atoms with Gasteiger partial charge in [0.2, 0.25) is 0 Å². The fraction of sp³-hybridized carbons (Fsp3) is 0.647. The van der Waals surface area contributed by atoms with Crippen molar-refractivity contribution < 1.29 is 14.0 Å². The Bertz CT molecular complexity index is 360. The van der Waals surface area contributed by atoms with Crippen LogP contribution in [0.2, 0.25) is 0 Å². The van der Waals surface area contributed by atoms with E-state index in [4.69, 9.17) is 4.74 Å². The van der Waals surface area contributed by atoms with Crippen molar-refractivity contribution in [3.05, 3.63) is 30.1 Å². The fourth-order valence-corrected chi connectivity index (χ4v) is 2.85. The molecule has 0 unspecified atom stereocenters. The lowest BCUT2D eigenvalue weighted by Gasteiger charge is -2.23. The van der Waals surface area contributed by atoms with Crippen molar-refractivity contribution in [3.8, 4) is 5.75 Å². The highest BCUT2D eigenvalue weighted by Gasteiger charge is 2.12. The van der Waals surface area contributed by atoms with Crippen molar-refractivity contribution >= 4 is 0 Å². The molecule has 0 radical (unpaired) electrons. The molecule has 2 nitrogen and oxygen atoms in total. The molecule has 1 heterocycles. The lowest BCUT2D eigenvalue weighted by molar-refractivity contribution is -0.905. The SMILES string of the molecule is Fc1ccc(OCCCCCC[NH+]2CCCCC2)cc1. The molecule has 1 aliphatic heterocycles. The first-order valence-corrected chi connectivity index (χ1v) is 8.06. The van der Waals surface area contributed by atoms with Gasteiger partial charge in [0.25, 0.3) is 0 Å². The minimum absolute atomic E-state index is 0.211. The normalized spacial score (nSPS) is 16.2. The number of piperidine rings is 1. The average Bonchev–Trinajstić information content (AvgIpc) is 2.49. The molecule has 1 fully saturated rings. The van der Waals surface area contributed by atoms with E-state index in [1.807, 2.05) is 0 Å². The zero-order valence-corrected chi connectivity index (χ0v) is 12.4. The van der Waals surface area contributed by atoms with E-state index >= 15 is 0 Å². The molecule has 2 rings (SSSR count). The predicted molar refractivity (Wildman–Crippen MR) is 79.8 cm³/mol. The summed E-state index contributed by atoms with van der Waals surface area (Å²) in [5.74, 6) is 0.557. The number of nitrogens with one attached hydrogen (secondary N) is 1. The molecule has 1 N–H and O–H groups in total. The molecule has 0 aromatic heterocycles. The molecular weight excluding hydrogens is 253 g/mol. The summed E-state index contributed by atoms with van der Waals surface area (Å²) < 4.78 is 18.3. The Morgan fingerprint density at radius 2 is 1.60 bits per heavy atom. The number of hydrogen-bond acceptors (Lipinski definition) is 1. The molecule has 0 aliphatic carbocycles. The summed E-state index contributed by atoms with van der Waals surface area (Å²) >= 11 is 0. The molecule has 1 aliphatic rings. The van der Waals surface area contributed by atoms with Crippen molar-refractivity contribution in [1.29, 1.82) is 0 Å². The van der Waals surface area contributed by atoms with Crippen LogP contribution in [0.3, 0.4) is 0 Å². The van der Waals surface area contributed by atoms with Crippen molar-refractivity contribution in [2.24, 2.45) is 0 Å². The number of hydrogen-bond donors (Lipinski definition) is 1. The highest BCUT2D eigenvalue weighted by atomic mass is 19.1. The highest BCUT2D eigenvalue weighted by molar-refractivity contribution is 5.21. The number of likely N-dealkylation sites (tertiary alicyclic amines) is 1. The third kappa shape index (κ3) is 5.91. The van der Waals surface area contributed by atoms with Crippen LogP contribution in [0.1, 0.15) is 44.9 Å². The van der Waals surface area contributed by atoms with E-state index in [9.17, 15) is 4.39 Å². The van der Waals surface area contributed by atoms with Gasteiger partial charge < -0.3 is 9.64 Å². The molecule has 112 valence electrons. The largest absolute Gasteiger partial charge is 0.494 e. The van der Waals surface area contributed by atoms with Crippen LogP contribution in [0.5, 0.6) is 5.75 Å². The van der Waals surface area contributed by atoms with Crippen LogP contribution < -0.4 is 9.64 Å². The van der Waals surface area contributed by atoms with E-state index in [2.05, 4.69) is 0 Å². The summed E-state index contributed by atoms with van der Waals surface area (Å²) in [6, 6.07) is 6.26. The summed E-state index contributed by atoms with van der Waals surface area (Å²) in [5, 5.41) is 0. The van der Waals surface area contributed by atoms with Crippen LogP contribution in [0, 0.1) is 5.82 Å². The number of rotatable bonds is 8. The third-order valence-electron chi connectivity index (χ3n) is 4.07. The number of quaternary nitrogens is 1. The molecule has 1 aromatic carbocycles. The zero-order valence-electron chi connectivity index (χ0n) is 12.4. The van der Waals surface area contributed by atoms with Gasteiger partial charge in [-0.1, -0.05) is 0 Å². The first-order chi connectivity index (χ1) is 9.84. The van der Waals surface area contributed by atoms with E-state index in [1.54, 1.807) is 17.0 Å². The first kappa shape index (κ1) is 15.3. The number of benzene rings is 1. The third-order valence-corrected chi connectivity index (χ3v) is 4.07. The van der Waals surface area contributed by atoms with Crippen LogP contribution in [-0.4, -0.2) is 26.2 Å². The van der Waals surface area contributed by atoms with Crippen molar-refractivity contribution in [3.63, 3.8) is 0 Å². The van der Waals surface area contributed by atoms with E-state index < -0.39 is 0 Å². The van der Waals surface area contributed by atoms with Gasteiger partial charge in [-0.3, -0.25) is 0 Å². The lowest BCUT2D eigenvalue weighted by atomic mass is 10.1. The van der Waals surface area contributed by atoms with Gasteiger partial charge in [-0.25, -0.2) is 4.39 Å². The molecule has 3 heteroatoms. The van der Waals surface area contributed by atoms with Crippen molar-refractivity contribution in [2.75, 3.05) is 26.2 Å². The van der Waals surface area contributed by atoms with Gasteiger partial charge in [-0.15, -0.1) is 0 Å². The summed E-state index contributed by atoms with van der Waals surface area (Å²) in [6.07, 6.45) is 9.23. The average molecular weight is 280 g/mol. The maximum atomic E-state index is 12.7. The number of halogens is 1. The molecule has 1 aromatic rings. The van der Waals surface area contributed by atoms with Crippen LogP contribution in [0.25, 0.3) is 0 Å². The van der Waals surface area contributed by atoms with E-state index in [1.165, 1.54) is 70.3 Å². The fourth-order valence-electron chi connectivity index (χ4n) is 2.85. The summed E-state index contributed by atoms with van der Waals surface area (Å²) in [6.45, 7) is 4.85. The Labute approximate surface area is 121 Å². The first-order valence-electron chi connectivity index (χ1n) is 8.06. The molecular formula is C17H27FNO+. The number of ether oxygens (including phenoxy) is 1. The zero-order chi connectivity index (χ0) is 14.0. The topological polar surface area (TPSA) is 13.7 Å². The Balaban J connectivity index is 1.44. The molecule has 0 saturated carbocycles. The van der Waals surface area contributed by atoms with Crippen LogP contribution in [0.15, 0.2) is 24.3 Å². The van der Waals surface area contributed by atoms with E-state index in [-0.39, 0.29) is 5.82 Å².